The maximum Gasteiger partial charge on any atom is 0.389 e. The molecule has 0 bridgehead atoms. The SMILES string of the molecule is CCOC(=O)C(CCCCCC(F)(F)F)C(C)=O. The zero-order chi connectivity index (χ0) is 14.2. The molecule has 0 fully saturated rings. The number of unbranched alkanes of at least 4 members (excludes halogenated alkanes) is 2. The average Bonchev–Trinajstić information content (AvgIpc) is 2.21. The van der Waals surface area contributed by atoms with Crippen LogP contribution in [0, 0.1) is 5.92 Å². The van der Waals surface area contributed by atoms with Crippen molar-refractivity contribution >= 4 is 11.8 Å². The first-order chi connectivity index (χ1) is 8.28. The maximum absolute atomic E-state index is 11.9. The molecule has 106 valence electrons. The smallest absolute Gasteiger partial charge is 0.389 e. The third kappa shape index (κ3) is 8.08. The zero-order valence-corrected chi connectivity index (χ0v) is 10.7. The van der Waals surface area contributed by atoms with Gasteiger partial charge in [-0.1, -0.05) is 12.8 Å². The maximum atomic E-state index is 11.9. The van der Waals surface area contributed by atoms with Crippen molar-refractivity contribution in [1.29, 1.82) is 0 Å². The van der Waals surface area contributed by atoms with Crippen LogP contribution in [0.5, 0.6) is 0 Å². The molecule has 0 saturated heterocycles. The van der Waals surface area contributed by atoms with Crippen LogP contribution >= 0.6 is 0 Å². The normalized spacial score (nSPS) is 13.2. The second kappa shape index (κ2) is 8.11. The molecule has 0 rings (SSSR count). The first-order valence-electron chi connectivity index (χ1n) is 6.01. The van der Waals surface area contributed by atoms with Crippen LogP contribution in [-0.2, 0) is 14.3 Å². The fourth-order valence-electron chi connectivity index (χ4n) is 1.58. The molecular formula is C12H19F3O3. The molecule has 6 heteroatoms. The van der Waals surface area contributed by atoms with Gasteiger partial charge in [0.05, 0.1) is 6.61 Å². The summed E-state index contributed by atoms with van der Waals surface area (Å²) in [4.78, 5) is 22.6. The first kappa shape index (κ1) is 16.9. The molecule has 0 aliphatic rings. The van der Waals surface area contributed by atoms with Gasteiger partial charge in [0, 0.05) is 6.42 Å². The Hall–Kier alpha value is -1.07. The van der Waals surface area contributed by atoms with Crippen LogP contribution in [0.25, 0.3) is 0 Å². The number of rotatable bonds is 8. The van der Waals surface area contributed by atoms with Crippen molar-refractivity contribution in [2.24, 2.45) is 5.92 Å². The van der Waals surface area contributed by atoms with Crippen molar-refractivity contribution in [3.05, 3.63) is 0 Å². The zero-order valence-electron chi connectivity index (χ0n) is 10.7. The van der Waals surface area contributed by atoms with Crippen molar-refractivity contribution in [1.82, 2.24) is 0 Å². The summed E-state index contributed by atoms with van der Waals surface area (Å²) < 4.78 is 40.3. The molecule has 18 heavy (non-hydrogen) atoms. The Morgan fingerprint density at radius 3 is 2.22 bits per heavy atom. The van der Waals surface area contributed by atoms with Gasteiger partial charge >= 0.3 is 12.1 Å². The minimum absolute atomic E-state index is 0.0248. The third-order valence-electron chi connectivity index (χ3n) is 2.51. The first-order valence-corrected chi connectivity index (χ1v) is 6.01. The largest absolute Gasteiger partial charge is 0.465 e. The quantitative estimate of drug-likeness (QED) is 0.385. The number of halogens is 3. The summed E-state index contributed by atoms with van der Waals surface area (Å²) in [6.45, 7) is 3.12. The van der Waals surface area contributed by atoms with Crippen LogP contribution in [0.1, 0.15) is 46.0 Å². The van der Waals surface area contributed by atoms with E-state index in [0.29, 0.717) is 12.8 Å². The number of carbonyl (C=O) groups excluding carboxylic acids is 2. The van der Waals surface area contributed by atoms with Gasteiger partial charge < -0.3 is 4.74 Å². The Morgan fingerprint density at radius 2 is 1.78 bits per heavy atom. The standard InChI is InChI=1S/C12H19F3O3/c1-3-18-11(17)10(9(2)16)7-5-4-6-8-12(13,14)15/h10H,3-8H2,1-2H3. The summed E-state index contributed by atoms with van der Waals surface area (Å²) in [5, 5.41) is 0. The van der Waals surface area contributed by atoms with Crippen LogP contribution in [0.3, 0.4) is 0 Å². The molecular weight excluding hydrogens is 249 g/mol. The van der Waals surface area contributed by atoms with Gasteiger partial charge in [-0.05, 0) is 26.7 Å². The minimum Gasteiger partial charge on any atom is -0.465 e. The molecule has 1 unspecified atom stereocenters. The number of hydrogen-bond acceptors (Lipinski definition) is 3. The lowest BCUT2D eigenvalue weighted by Gasteiger charge is -2.12. The molecule has 0 spiro atoms. The number of ether oxygens (including phenoxy) is 1. The average molecular weight is 268 g/mol. The van der Waals surface area contributed by atoms with Gasteiger partial charge in [0.25, 0.3) is 0 Å². The van der Waals surface area contributed by atoms with Crippen molar-refractivity contribution in [3.63, 3.8) is 0 Å². The van der Waals surface area contributed by atoms with E-state index in [4.69, 9.17) is 4.74 Å². The molecule has 0 aliphatic heterocycles. The van der Waals surface area contributed by atoms with Crippen molar-refractivity contribution in [2.75, 3.05) is 6.61 Å². The lowest BCUT2D eigenvalue weighted by molar-refractivity contribution is -0.151. The molecule has 0 heterocycles. The summed E-state index contributed by atoms with van der Waals surface area (Å²) in [5.41, 5.74) is 0. The van der Waals surface area contributed by atoms with E-state index in [0.717, 1.165) is 0 Å². The van der Waals surface area contributed by atoms with Crippen LogP contribution in [0.2, 0.25) is 0 Å². The summed E-state index contributed by atoms with van der Waals surface area (Å²) >= 11 is 0. The fourth-order valence-corrected chi connectivity index (χ4v) is 1.58. The van der Waals surface area contributed by atoms with Crippen molar-refractivity contribution in [3.8, 4) is 0 Å². The van der Waals surface area contributed by atoms with Gasteiger partial charge in [0.2, 0.25) is 0 Å². The molecule has 0 aliphatic carbocycles. The Bertz CT molecular complexity index is 274. The summed E-state index contributed by atoms with van der Waals surface area (Å²) in [6.07, 6.45) is -3.91. The number of esters is 1. The summed E-state index contributed by atoms with van der Waals surface area (Å²) in [7, 11) is 0. The fraction of sp³-hybridized carbons (Fsp3) is 0.833. The highest BCUT2D eigenvalue weighted by atomic mass is 19.4. The van der Waals surface area contributed by atoms with Crippen LogP contribution in [0.15, 0.2) is 0 Å². The van der Waals surface area contributed by atoms with Gasteiger partial charge in [-0.2, -0.15) is 13.2 Å². The van der Waals surface area contributed by atoms with Gasteiger partial charge in [0.15, 0.2) is 0 Å². The highest BCUT2D eigenvalue weighted by Crippen LogP contribution is 2.23. The van der Waals surface area contributed by atoms with Gasteiger partial charge in [0.1, 0.15) is 11.7 Å². The highest BCUT2D eigenvalue weighted by Gasteiger charge is 2.27. The summed E-state index contributed by atoms with van der Waals surface area (Å²) in [5.74, 6) is -1.72. The van der Waals surface area contributed by atoms with E-state index in [2.05, 4.69) is 0 Å². The monoisotopic (exact) mass is 268 g/mol. The lowest BCUT2D eigenvalue weighted by Crippen LogP contribution is -2.24. The Labute approximate surface area is 105 Å². The van der Waals surface area contributed by atoms with E-state index in [1.54, 1.807) is 6.92 Å². The highest BCUT2D eigenvalue weighted by molar-refractivity contribution is 5.97. The predicted octanol–water partition coefficient (Wildman–Crippen LogP) is 3.27. The van der Waals surface area contributed by atoms with Crippen LogP contribution < -0.4 is 0 Å². The predicted molar refractivity (Wildman–Crippen MR) is 59.9 cm³/mol. The topological polar surface area (TPSA) is 43.4 Å². The van der Waals surface area contributed by atoms with Crippen molar-refractivity contribution < 1.29 is 27.5 Å². The Morgan fingerprint density at radius 1 is 1.17 bits per heavy atom. The number of alkyl halides is 3. The van der Waals surface area contributed by atoms with Crippen LogP contribution in [0.4, 0.5) is 13.2 Å². The molecule has 0 N–H and O–H groups in total. The molecule has 0 aromatic rings. The van der Waals surface area contributed by atoms with Crippen molar-refractivity contribution in [2.45, 2.75) is 52.1 Å². The van der Waals surface area contributed by atoms with Crippen LogP contribution in [-0.4, -0.2) is 24.5 Å². The second-order valence-electron chi connectivity index (χ2n) is 4.13. The number of ketones is 1. The second-order valence-corrected chi connectivity index (χ2v) is 4.13. The van der Waals surface area contributed by atoms with E-state index >= 15 is 0 Å². The molecule has 0 aromatic heterocycles. The van der Waals surface area contributed by atoms with E-state index in [-0.39, 0.29) is 25.2 Å². The van der Waals surface area contributed by atoms with E-state index < -0.39 is 24.5 Å². The third-order valence-corrected chi connectivity index (χ3v) is 2.51. The summed E-state index contributed by atoms with van der Waals surface area (Å²) in [6, 6.07) is 0. The van der Waals surface area contributed by atoms with Gasteiger partial charge in [-0.15, -0.1) is 0 Å². The number of hydrogen-bond donors (Lipinski definition) is 0. The van der Waals surface area contributed by atoms with Gasteiger partial charge in [-0.25, -0.2) is 0 Å². The minimum atomic E-state index is -4.14. The number of Topliss-reactive ketones (excluding diaryl/α,β-unsaturated/α-hetero) is 1. The van der Waals surface area contributed by atoms with E-state index in [9.17, 15) is 22.8 Å². The molecule has 0 amide bonds. The number of carbonyl (C=O) groups is 2. The lowest BCUT2D eigenvalue weighted by atomic mass is 9.97. The van der Waals surface area contributed by atoms with E-state index in [1.165, 1.54) is 6.92 Å². The molecule has 0 radical (unpaired) electrons. The Balaban J connectivity index is 3.92. The molecule has 1 atom stereocenters. The molecule has 0 saturated carbocycles. The molecule has 3 nitrogen and oxygen atoms in total. The Kier molecular flexibility index (Phi) is 7.62. The molecule has 0 aromatic carbocycles. The van der Waals surface area contributed by atoms with Gasteiger partial charge in [-0.3, -0.25) is 9.59 Å². The van der Waals surface area contributed by atoms with E-state index in [1.807, 2.05) is 0 Å².